The van der Waals surface area contributed by atoms with Gasteiger partial charge in [0.15, 0.2) is 7.05 Å². The van der Waals surface area contributed by atoms with Crippen molar-refractivity contribution in [1.29, 1.82) is 0 Å². The molecule has 0 spiro atoms. The maximum absolute atomic E-state index is 13.3. The first-order chi connectivity index (χ1) is 21.5. The summed E-state index contributed by atoms with van der Waals surface area (Å²) in [6.45, 7) is 12.8. The number of fused-ring (bicyclic) bond motifs is 1. The number of amides is 3. The van der Waals surface area contributed by atoms with E-state index in [0.717, 1.165) is 11.1 Å². The van der Waals surface area contributed by atoms with E-state index in [1.54, 1.807) is 45.0 Å². The van der Waals surface area contributed by atoms with Crippen molar-refractivity contribution in [3.8, 4) is 16.9 Å². The van der Waals surface area contributed by atoms with Crippen LogP contribution in [-0.4, -0.2) is 63.6 Å². The number of halogens is 1. The fourth-order valence-electron chi connectivity index (χ4n) is 4.60. The Hall–Kier alpha value is -3.98. The van der Waals surface area contributed by atoms with Crippen LogP contribution in [0.25, 0.3) is 11.1 Å². The Morgan fingerprint density at radius 1 is 0.830 bits per heavy atom. The van der Waals surface area contributed by atoms with Gasteiger partial charge < -0.3 is 43.5 Å². The summed E-state index contributed by atoms with van der Waals surface area (Å²) in [5.41, 5.74) is -0.938. The van der Waals surface area contributed by atoms with Crippen LogP contribution in [0.1, 0.15) is 75.6 Å². The summed E-state index contributed by atoms with van der Waals surface area (Å²) < 4.78 is 20.8. The molecule has 4 rings (SSSR count). The van der Waals surface area contributed by atoms with Gasteiger partial charge in [0.05, 0.1) is 29.4 Å². The number of carbonyl (C=O) groups is 4. The van der Waals surface area contributed by atoms with Gasteiger partial charge in [-0.1, -0.05) is 24.3 Å². The number of alkyl carbamates (subject to hydrolysis) is 1. The SMILES string of the molecule is C[n+]1cc(-c2ccc(OCC(C)(ON3C(=O)c4ccccc4C3=O)C(=O)OC(C)(C)C)cc2)cn1CCCNC(=O)OC(C)(C)C.[I-]. The fraction of sp³-hybridized carbons (Fsp3) is 0.441. The van der Waals surface area contributed by atoms with Gasteiger partial charge in [0.25, 0.3) is 11.8 Å². The van der Waals surface area contributed by atoms with E-state index >= 15 is 0 Å². The summed E-state index contributed by atoms with van der Waals surface area (Å²) >= 11 is 0. The predicted octanol–water partition coefficient (Wildman–Crippen LogP) is 1.61. The van der Waals surface area contributed by atoms with E-state index in [-0.39, 0.29) is 41.7 Å². The lowest BCUT2D eigenvalue weighted by atomic mass is 10.1. The zero-order chi connectivity index (χ0) is 33.9. The maximum atomic E-state index is 13.3. The first kappa shape index (κ1) is 37.5. The number of ether oxygens (including phenoxy) is 3. The number of nitrogens with zero attached hydrogens (tertiary/aromatic N) is 3. The van der Waals surface area contributed by atoms with Crippen LogP contribution in [0.2, 0.25) is 0 Å². The summed E-state index contributed by atoms with van der Waals surface area (Å²) in [4.78, 5) is 57.0. The predicted molar refractivity (Wildman–Crippen MR) is 168 cm³/mol. The van der Waals surface area contributed by atoms with Crippen molar-refractivity contribution in [3.63, 3.8) is 0 Å². The van der Waals surface area contributed by atoms with Gasteiger partial charge in [-0.05, 0) is 84.7 Å². The fourth-order valence-corrected chi connectivity index (χ4v) is 4.60. The second kappa shape index (κ2) is 14.8. The van der Waals surface area contributed by atoms with Crippen LogP contribution in [0.3, 0.4) is 0 Å². The van der Waals surface area contributed by atoms with Crippen molar-refractivity contribution in [1.82, 2.24) is 15.1 Å². The molecule has 0 saturated carbocycles. The van der Waals surface area contributed by atoms with Crippen molar-refractivity contribution < 1.29 is 66.9 Å². The van der Waals surface area contributed by atoms with Crippen LogP contribution < -0.4 is 38.7 Å². The molecule has 1 atom stereocenters. The van der Waals surface area contributed by atoms with Gasteiger partial charge in [-0.2, -0.15) is 4.68 Å². The number of hydroxylamine groups is 2. The minimum Gasteiger partial charge on any atom is -1.00 e. The number of rotatable bonds is 11. The number of aromatic nitrogens is 2. The van der Waals surface area contributed by atoms with Crippen LogP contribution >= 0.6 is 0 Å². The summed E-state index contributed by atoms with van der Waals surface area (Å²) in [5, 5.41) is 3.37. The maximum Gasteiger partial charge on any atom is 0.407 e. The first-order valence-electron chi connectivity index (χ1n) is 15.1. The molecule has 0 radical (unpaired) electrons. The molecule has 3 aromatic rings. The molecule has 1 aromatic heterocycles. The van der Waals surface area contributed by atoms with Gasteiger partial charge in [-0.15, -0.1) is 9.75 Å². The topological polar surface area (TPSA) is 129 Å². The lowest BCUT2D eigenvalue weighted by Gasteiger charge is -2.32. The molecule has 1 unspecified atom stereocenters. The molecule has 0 bridgehead atoms. The summed E-state index contributed by atoms with van der Waals surface area (Å²) in [5.74, 6) is -1.68. The van der Waals surface area contributed by atoms with Crippen LogP contribution in [-0.2, 0) is 32.7 Å². The third-order valence-corrected chi connectivity index (χ3v) is 6.83. The summed E-state index contributed by atoms with van der Waals surface area (Å²) in [6.07, 6.45) is 4.28. The minimum absolute atomic E-state index is 0. The molecule has 3 amide bonds. The zero-order valence-corrected chi connectivity index (χ0v) is 30.2. The first-order valence-corrected chi connectivity index (χ1v) is 15.1. The molecule has 1 aliphatic heterocycles. The van der Waals surface area contributed by atoms with E-state index in [4.69, 9.17) is 19.0 Å². The van der Waals surface area contributed by atoms with Gasteiger partial charge in [-0.25, -0.2) is 14.4 Å². The van der Waals surface area contributed by atoms with E-state index in [1.165, 1.54) is 19.1 Å². The Bertz CT molecular complexity index is 1570. The molecule has 0 saturated heterocycles. The number of hydrogen-bond acceptors (Lipinski definition) is 8. The van der Waals surface area contributed by atoms with Gasteiger partial charge >= 0.3 is 12.1 Å². The Morgan fingerprint density at radius 2 is 1.40 bits per heavy atom. The second-order valence-corrected chi connectivity index (χ2v) is 13.3. The van der Waals surface area contributed by atoms with Crippen molar-refractivity contribution in [2.75, 3.05) is 13.2 Å². The molecule has 13 heteroatoms. The number of carbonyl (C=O) groups excluding carboxylic acids is 4. The number of nitrogens with one attached hydrogen (secondary N) is 1. The molecule has 1 aliphatic rings. The number of esters is 1. The quantitative estimate of drug-likeness (QED) is 0.103. The lowest BCUT2D eigenvalue weighted by molar-refractivity contribution is -0.753. The highest BCUT2D eigenvalue weighted by atomic mass is 127. The Labute approximate surface area is 292 Å². The molecule has 2 aromatic carbocycles. The molecular weight excluding hydrogens is 719 g/mol. The normalized spacial score (nSPS) is 14.2. The average molecular weight is 763 g/mol. The largest absolute Gasteiger partial charge is 1.00 e. The van der Waals surface area contributed by atoms with E-state index in [1.807, 2.05) is 61.7 Å². The molecule has 254 valence electrons. The van der Waals surface area contributed by atoms with Gasteiger partial charge in [-0.3, -0.25) is 9.59 Å². The van der Waals surface area contributed by atoms with Crippen molar-refractivity contribution in [3.05, 3.63) is 72.1 Å². The minimum atomic E-state index is -1.83. The molecule has 0 aliphatic carbocycles. The van der Waals surface area contributed by atoms with Crippen LogP contribution in [0.4, 0.5) is 4.79 Å². The van der Waals surface area contributed by atoms with E-state index in [2.05, 4.69) is 5.32 Å². The zero-order valence-electron chi connectivity index (χ0n) is 28.1. The van der Waals surface area contributed by atoms with Crippen LogP contribution in [0, 0.1) is 0 Å². The molecule has 0 fully saturated rings. The van der Waals surface area contributed by atoms with Crippen LogP contribution in [0.5, 0.6) is 5.75 Å². The monoisotopic (exact) mass is 762 g/mol. The average Bonchev–Trinajstić information content (AvgIpc) is 3.45. The molecule has 12 nitrogen and oxygen atoms in total. The molecule has 2 heterocycles. The number of benzene rings is 2. The van der Waals surface area contributed by atoms with Gasteiger partial charge in [0, 0.05) is 6.54 Å². The Morgan fingerprint density at radius 3 is 1.96 bits per heavy atom. The van der Waals surface area contributed by atoms with E-state index in [0.29, 0.717) is 30.3 Å². The van der Waals surface area contributed by atoms with Crippen molar-refractivity contribution in [2.24, 2.45) is 7.05 Å². The molecular formula is C34H43IN4O8. The van der Waals surface area contributed by atoms with Crippen LogP contribution in [0.15, 0.2) is 60.9 Å². The smallest absolute Gasteiger partial charge is 0.407 e. The number of hydrogen-bond donors (Lipinski definition) is 1. The lowest BCUT2D eigenvalue weighted by Crippen LogP contribution is -3.00. The van der Waals surface area contributed by atoms with Crippen molar-refractivity contribution >= 4 is 23.9 Å². The highest BCUT2D eigenvalue weighted by Gasteiger charge is 2.47. The highest BCUT2D eigenvalue weighted by Crippen LogP contribution is 2.29. The highest BCUT2D eigenvalue weighted by molar-refractivity contribution is 6.20. The number of imide groups is 1. The molecule has 1 N–H and O–H groups in total. The summed E-state index contributed by atoms with van der Waals surface area (Å²) in [6, 6.07) is 13.6. The number of aryl methyl sites for hydroxylation is 2. The van der Waals surface area contributed by atoms with Gasteiger partial charge in [0.2, 0.25) is 11.8 Å². The Kier molecular flexibility index (Phi) is 11.8. The van der Waals surface area contributed by atoms with E-state index in [9.17, 15) is 19.2 Å². The van der Waals surface area contributed by atoms with Crippen molar-refractivity contribution in [2.45, 2.75) is 78.2 Å². The van der Waals surface area contributed by atoms with E-state index < -0.39 is 40.7 Å². The second-order valence-electron chi connectivity index (χ2n) is 13.3. The molecule has 47 heavy (non-hydrogen) atoms. The third-order valence-electron chi connectivity index (χ3n) is 6.83. The third kappa shape index (κ3) is 9.76. The van der Waals surface area contributed by atoms with Gasteiger partial charge in [0.1, 0.15) is 23.6 Å². The standard InChI is InChI=1S/C34H42N4O8.HI/c1-32(2,3)44-30(41)34(7,46-38-28(39)26-12-9-10-13-27(26)29(38)40)22-43-25-16-14-23(15-17-25)24-20-36(8)37(21-24)19-11-18-35-31(42)45-33(4,5)6;/h9-10,12-17,20-21H,11,18-19,22H2,1-8H3;1H. The summed E-state index contributed by atoms with van der Waals surface area (Å²) in [7, 11) is 1.94. The Balaban J connectivity index is 0.00000600.